The van der Waals surface area contributed by atoms with Gasteiger partial charge in [0.15, 0.2) is 14.1 Å². The van der Waals surface area contributed by atoms with E-state index in [1.165, 1.54) is 14.2 Å². The van der Waals surface area contributed by atoms with Crippen LogP contribution in [0.5, 0.6) is 0 Å². The van der Waals surface area contributed by atoms with Crippen LogP contribution in [0.3, 0.4) is 0 Å². The molecule has 9 heteroatoms. The smallest absolute Gasteiger partial charge is 0.336 e. The van der Waals surface area contributed by atoms with Gasteiger partial charge in [0.05, 0.1) is 51.6 Å². The molecular weight excluding hydrogens is 528 g/mol. The van der Waals surface area contributed by atoms with Gasteiger partial charge in [0.25, 0.3) is 0 Å². The van der Waals surface area contributed by atoms with Crippen molar-refractivity contribution in [2.75, 3.05) is 41.2 Å². The molecule has 4 aliphatic rings. The Morgan fingerprint density at radius 3 is 2.25 bits per heavy atom. The SMILES string of the molecule is COC[C@]12C=C(C(=O)OC)C(CC(=O)OC)(O[Si](C)(C)C(C)(C)C)CC1[C@@]1(C)CCC3(OCCO3)[C@@H](C)[C@@H]1CC2. The van der Waals surface area contributed by atoms with Crippen molar-refractivity contribution in [3.05, 3.63) is 11.6 Å². The highest BCUT2D eigenvalue weighted by Crippen LogP contribution is 2.68. The highest BCUT2D eigenvalue weighted by molar-refractivity contribution is 6.74. The van der Waals surface area contributed by atoms with E-state index in [1.807, 2.05) is 0 Å². The van der Waals surface area contributed by atoms with Gasteiger partial charge in [-0.2, -0.15) is 0 Å². The number of carbonyl (C=O) groups excluding carboxylic acids is 2. The fraction of sp³-hybridized carbons (Fsp3) is 0.871. The molecule has 3 aliphatic carbocycles. The van der Waals surface area contributed by atoms with Gasteiger partial charge in [-0.15, -0.1) is 0 Å². The molecule has 0 aromatic carbocycles. The Kier molecular flexibility index (Phi) is 8.53. The Hall–Kier alpha value is -1.26. The van der Waals surface area contributed by atoms with Crippen molar-refractivity contribution in [1.29, 1.82) is 0 Å². The van der Waals surface area contributed by atoms with E-state index < -0.39 is 31.6 Å². The van der Waals surface area contributed by atoms with E-state index in [-0.39, 0.29) is 34.1 Å². The van der Waals surface area contributed by atoms with Gasteiger partial charge in [-0.3, -0.25) is 4.79 Å². The Labute approximate surface area is 241 Å². The van der Waals surface area contributed by atoms with Crippen LogP contribution in [0.15, 0.2) is 11.6 Å². The van der Waals surface area contributed by atoms with Crippen LogP contribution in [-0.2, 0) is 37.7 Å². The van der Waals surface area contributed by atoms with Crippen molar-refractivity contribution < 1.29 is 37.7 Å². The maximum Gasteiger partial charge on any atom is 0.336 e. The van der Waals surface area contributed by atoms with Crippen molar-refractivity contribution in [2.24, 2.45) is 28.6 Å². The van der Waals surface area contributed by atoms with Crippen molar-refractivity contribution in [3.8, 4) is 0 Å². The summed E-state index contributed by atoms with van der Waals surface area (Å²) in [6.45, 7) is 17.3. The Morgan fingerprint density at radius 2 is 1.70 bits per heavy atom. The fourth-order valence-corrected chi connectivity index (χ4v) is 9.98. The number of hydrogen-bond donors (Lipinski definition) is 0. The first-order chi connectivity index (χ1) is 18.6. The van der Waals surface area contributed by atoms with Gasteiger partial charge in [-0.25, -0.2) is 4.79 Å². The first-order valence-corrected chi connectivity index (χ1v) is 17.8. The molecule has 0 N–H and O–H groups in total. The highest BCUT2D eigenvalue weighted by Gasteiger charge is 2.67. The Balaban J connectivity index is 1.90. The molecule has 6 atom stereocenters. The number of esters is 2. The van der Waals surface area contributed by atoms with E-state index in [0.717, 1.165) is 25.7 Å². The second-order valence-electron chi connectivity index (χ2n) is 14.5. The summed E-state index contributed by atoms with van der Waals surface area (Å²) in [7, 11) is 2.04. The maximum atomic E-state index is 13.6. The molecule has 2 saturated carbocycles. The third-order valence-electron chi connectivity index (χ3n) is 11.5. The number of ether oxygens (including phenoxy) is 5. The minimum atomic E-state index is -2.48. The minimum Gasteiger partial charge on any atom is -0.469 e. The molecular formula is C31H52O8Si. The molecule has 2 unspecified atom stereocenters. The third-order valence-corrected chi connectivity index (χ3v) is 16.0. The molecule has 0 amide bonds. The van der Waals surface area contributed by atoms with Crippen LogP contribution < -0.4 is 0 Å². The molecule has 1 spiro atoms. The molecule has 0 bridgehead atoms. The lowest BCUT2D eigenvalue weighted by atomic mass is 9.42. The number of rotatable bonds is 7. The first kappa shape index (κ1) is 31.7. The second kappa shape index (κ2) is 10.8. The molecule has 1 aliphatic heterocycles. The lowest BCUT2D eigenvalue weighted by Crippen LogP contribution is -2.64. The van der Waals surface area contributed by atoms with E-state index in [4.69, 9.17) is 28.1 Å². The lowest BCUT2D eigenvalue weighted by Gasteiger charge is -2.65. The van der Waals surface area contributed by atoms with Crippen molar-refractivity contribution in [2.45, 2.75) is 103 Å². The van der Waals surface area contributed by atoms with Crippen molar-refractivity contribution >= 4 is 20.3 Å². The highest BCUT2D eigenvalue weighted by atomic mass is 28.4. The van der Waals surface area contributed by atoms with Crippen LogP contribution in [-0.4, -0.2) is 72.8 Å². The predicted octanol–water partition coefficient (Wildman–Crippen LogP) is 5.65. The molecule has 8 nitrogen and oxygen atoms in total. The number of carbonyl (C=O) groups is 2. The first-order valence-electron chi connectivity index (χ1n) is 14.9. The molecule has 1 heterocycles. The zero-order chi connectivity index (χ0) is 29.8. The molecule has 228 valence electrons. The molecule has 1 saturated heterocycles. The van der Waals surface area contributed by atoms with Gasteiger partial charge in [-0.1, -0.05) is 40.7 Å². The van der Waals surface area contributed by atoms with Crippen LogP contribution in [0.2, 0.25) is 18.1 Å². The lowest BCUT2D eigenvalue weighted by molar-refractivity contribution is -0.266. The summed E-state index contributed by atoms with van der Waals surface area (Å²) in [4.78, 5) is 26.7. The second-order valence-corrected chi connectivity index (χ2v) is 19.3. The summed E-state index contributed by atoms with van der Waals surface area (Å²) in [5.74, 6) is -0.694. The third kappa shape index (κ3) is 5.01. The zero-order valence-electron chi connectivity index (χ0n) is 26.4. The van der Waals surface area contributed by atoms with E-state index in [1.54, 1.807) is 7.11 Å². The van der Waals surface area contributed by atoms with Crippen LogP contribution in [0.4, 0.5) is 0 Å². The van der Waals surface area contributed by atoms with Crippen molar-refractivity contribution in [1.82, 2.24) is 0 Å². The van der Waals surface area contributed by atoms with Crippen LogP contribution in [0.25, 0.3) is 0 Å². The minimum absolute atomic E-state index is 0.0387. The average molecular weight is 581 g/mol. The van der Waals surface area contributed by atoms with Crippen LogP contribution in [0.1, 0.15) is 73.1 Å². The Bertz CT molecular complexity index is 1010. The van der Waals surface area contributed by atoms with E-state index in [9.17, 15) is 9.59 Å². The quantitative estimate of drug-likeness (QED) is 0.282. The topological polar surface area (TPSA) is 89.5 Å². The average Bonchev–Trinajstić information content (AvgIpc) is 3.36. The molecule has 40 heavy (non-hydrogen) atoms. The standard InChI is InChI=1S/C31H52O8Si/c1-21-22-11-12-29(20-34-6)17-23(26(33)36-8)30(19-25(32)35-7,39-40(9,10)27(2,3)4)18-24(29)28(22,5)13-14-31(21)37-15-16-38-31/h17,21-22,24H,11-16,18-20H2,1-10H3/t21-,22-,24?,28-,29-,30?/m0/s1. The van der Waals surface area contributed by atoms with Crippen molar-refractivity contribution in [3.63, 3.8) is 0 Å². The summed E-state index contributed by atoms with van der Waals surface area (Å²) in [6, 6.07) is 0. The van der Waals surface area contributed by atoms with Gasteiger partial charge in [0.1, 0.15) is 0 Å². The number of hydrogen-bond acceptors (Lipinski definition) is 8. The maximum absolute atomic E-state index is 13.6. The molecule has 3 fully saturated rings. The van der Waals surface area contributed by atoms with Crippen LogP contribution in [0, 0.1) is 28.6 Å². The zero-order valence-corrected chi connectivity index (χ0v) is 27.4. The van der Waals surface area contributed by atoms with Gasteiger partial charge in [0.2, 0.25) is 0 Å². The molecule has 0 radical (unpaired) electrons. The summed E-state index contributed by atoms with van der Waals surface area (Å²) >= 11 is 0. The molecule has 4 rings (SSSR count). The number of fused-ring (bicyclic) bond motifs is 3. The van der Waals surface area contributed by atoms with E-state index in [2.05, 4.69) is 53.8 Å². The summed E-state index contributed by atoms with van der Waals surface area (Å²) in [5.41, 5.74) is -1.22. The van der Waals surface area contributed by atoms with Gasteiger partial charge < -0.3 is 28.1 Å². The Morgan fingerprint density at radius 1 is 1.05 bits per heavy atom. The number of methoxy groups -OCH3 is 3. The molecule has 0 aromatic heterocycles. The van der Waals surface area contributed by atoms with Gasteiger partial charge in [0, 0.05) is 24.9 Å². The largest absolute Gasteiger partial charge is 0.469 e. The summed E-state index contributed by atoms with van der Waals surface area (Å²) in [6.07, 6.45) is 6.16. The summed E-state index contributed by atoms with van der Waals surface area (Å²) in [5, 5.41) is -0.139. The van der Waals surface area contributed by atoms with E-state index >= 15 is 0 Å². The summed E-state index contributed by atoms with van der Waals surface area (Å²) < 4.78 is 36.3. The molecule has 0 aromatic rings. The van der Waals surface area contributed by atoms with E-state index in [0.29, 0.717) is 37.7 Å². The normalized spacial score (nSPS) is 37.4. The van der Waals surface area contributed by atoms with Gasteiger partial charge in [-0.05, 0) is 61.1 Å². The van der Waals surface area contributed by atoms with Gasteiger partial charge >= 0.3 is 11.9 Å². The van der Waals surface area contributed by atoms with Crippen LogP contribution >= 0.6 is 0 Å². The monoisotopic (exact) mass is 580 g/mol. The fourth-order valence-electron chi connectivity index (χ4n) is 8.43. The predicted molar refractivity (Wildman–Crippen MR) is 154 cm³/mol.